The summed E-state index contributed by atoms with van der Waals surface area (Å²) < 4.78 is 2.26. The first kappa shape index (κ1) is 23.4. The van der Waals surface area contributed by atoms with Gasteiger partial charge in [-0.05, 0) is 52.6 Å². The van der Waals surface area contributed by atoms with Crippen molar-refractivity contribution < 1.29 is 4.79 Å². The average Bonchev–Trinajstić information content (AvgIpc) is 3.22. The van der Waals surface area contributed by atoms with Crippen molar-refractivity contribution >= 4 is 50.9 Å². The molecule has 0 aliphatic rings. The summed E-state index contributed by atoms with van der Waals surface area (Å²) in [5.74, 6) is -0.445. The highest BCUT2D eigenvalue weighted by Gasteiger charge is 2.18. The van der Waals surface area contributed by atoms with Crippen molar-refractivity contribution in [2.45, 2.75) is 6.54 Å². The van der Waals surface area contributed by atoms with Crippen LogP contribution in [0.5, 0.6) is 0 Å². The Morgan fingerprint density at radius 1 is 0.703 bits per heavy atom. The van der Waals surface area contributed by atoms with Crippen LogP contribution in [0.25, 0.3) is 44.1 Å². The lowest BCUT2D eigenvalue weighted by atomic mass is 9.99. The van der Waals surface area contributed by atoms with Gasteiger partial charge in [-0.15, -0.1) is 0 Å². The van der Waals surface area contributed by atoms with E-state index in [1.54, 1.807) is 12.1 Å². The third kappa shape index (κ3) is 4.17. The molecule has 0 atom stereocenters. The smallest absolute Gasteiger partial charge is 0.249 e. The number of rotatable bonds is 5. The molecule has 1 heterocycles. The van der Waals surface area contributed by atoms with Crippen LogP contribution in [0.3, 0.4) is 0 Å². The number of primary amides is 1. The van der Waals surface area contributed by atoms with Crippen molar-refractivity contribution in [3.63, 3.8) is 0 Å². The Morgan fingerprint density at radius 2 is 1.49 bits per heavy atom. The topological polar surface area (TPSA) is 48.0 Å². The number of nitrogens with two attached hydrogens (primary N) is 1. The second-order valence-electron chi connectivity index (χ2n) is 9.03. The third-order valence-electron chi connectivity index (χ3n) is 6.83. The van der Waals surface area contributed by atoms with Gasteiger partial charge in [-0.2, -0.15) is 0 Å². The summed E-state index contributed by atoms with van der Waals surface area (Å²) in [6.07, 6.45) is 0. The normalized spacial score (nSPS) is 11.3. The van der Waals surface area contributed by atoms with Crippen LogP contribution in [-0.2, 0) is 6.54 Å². The van der Waals surface area contributed by atoms with Crippen molar-refractivity contribution in [1.29, 1.82) is 0 Å². The van der Waals surface area contributed by atoms with Crippen LogP contribution in [0, 0.1) is 0 Å². The van der Waals surface area contributed by atoms with E-state index in [9.17, 15) is 4.79 Å². The minimum Gasteiger partial charge on any atom is -0.366 e. The minimum absolute atomic E-state index is 0.445. The molecule has 0 bridgehead atoms. The van der Waals surface area contributed by atoms with Crippen LogP contribution in [0.15, 0.2) is 109 Å². The summed E-state index contributed by atoms with van der Waals surface area (Å²) in [6, 6.07) is 36.2. The molecule has 1 amide bonds. The molecule has 0 radical (unpaired) electrons. The zero-order valence-corrected chi connectivity index (χ0v) is 21.3. The molecular weight excluding hydrogens is 499 g/mol. The van der Waals surface area contributed by atoms with E-state index >= 15 is 0 Å². The highest BCUT2D eigenvalue weighted by Crippen LogP contribution is 2.38. The molecule has 37 heavy (non-hydrogen) atoms. The first-order valence-corrected chi connectivity index (χ1v) is 12.7. The molecule has 0 saturated heterocycles. The van der Waals surface area contributed by atoms with Gasteiger partial charge in [0.25, 0.3) is 0 Å². The second-order valence-corrected chi connectivity index (χ2v) is 9.87. The zero-order chi connectivity index (χ0) is 25.5. The Hall–Kier alpha value is -4.05. The van der Waals surface area contributed by atoms with Gasteiger partial charge in [-0.3, -0.25) is 4.79 Å². The number of hydrogen-bond acceptors (Lipinski definition) is 1. The minimum atomic E-state index is -0.445. The Bertz CT molecular complexity index is 1810. The Labute approximate surface area is 224 Å². The highest BCUT2D eigenvalue weighted by atomic mass is 35.5. The highest BCUT2D eigenvalue weighted by molar-refractivity contribution is 6.36. The monoisotopic (exact) mass is 520 g/mol. The lowest BCUT2D eigenvalue weighted by Crippen LogP contribution is -2.11. The van der Waals surface area contributed by atoms with Gasteiger partial charge < -0.3 is 10.3 Å². The summed E-state index contributed by atoms with van der Waals surface area (Å²) in [6.45, 7) is 0.616. The predicted molar refractivity (Wildman–Crippen MR) is 154 cm³/mol. The van der Waals surface area contributed by atoms with Crippen molar-refractivity contribution in [2.75, 3.05) is 0 Å². The van der Waals surface area contributed by atoms with Crippen LogP contribution in [0.1, 0.15) is 15.9 Å². The van der Waals surface area contributed by atoms with Gasteiger partial charge in [0.05, 0.1) is 11.0 Å². The van der Waals surface area contributed by atoms with E-state index in [4.69, 9.17) is 28.9 Å². The fraction of sp³-hybridized carbons (Fsp3) is 0.0312. The Kier molecular flexibility index (Phi) is 5.96. The predicted octanol–water partition coefficient (Wildman–Crippen LogP) is 8.58. The zero-order valence-electron chi connectivity index (χ0n) is 19.8. The van der Waals surface area contributed by atoms with E-state index in [0.29, 0.717) is 22.2 Å². The summed E-state index contributed by atoms with van der Waals surface area (Å²) >= 11 is 12.7. The summed E-state index contributed by atoms with van der Waals surface area (Å²) in [4.78, 5) is 12.4. The van der Waals surface area contributed by atoms with Crippen molar-refractivity contribution in [3.05, 3.63) is 130 Å². The van der Waals surface area contributed by atoms with E-state index < -0.39 is 5.91 Å². The maximum atomic E-state index is 12.4. The molecule has 3 nitrogen and oxygen atoms in total. The number of hydrogen-bond donors (Lipinski definition) is 1. The molecule has 2 N–H and O–H groups in total. The van der Waals surface area contributed by atoms with Gasteiger partial charge in [0, 0.05) is 38.5 Å². The first-order chi connectivity index (χ1) is 18.0. The maximum Gasteiger partial charge on any atom is 0.249 e. The molecule has 5 aromatic carbocycles. The lowest BCUT2D eigenvalue weighted by Gasteiger charge is -2.14. The molecular formula is C32H22Cl2N2O. The standard InChI is InChI=1S/C32H22Cl2N2O/c33-23-14-16-25(28(34)18-23)21-13-15-26-30(17-21)36(29-12-6-11-27(31(26)29)32(35)37)19-22-9-4-5-10-24(22)20-7-2-1-3-8-20/h1-18H,19H2,(H2,35,37). The molecule has 180 valence electrons. The molecule has 5 heteroatoms. The fourth-order valence-corrected chi connectivity index (χ4v) is 5.66. The number of aromatic nitrogens is 1. The molecule has 0 aliphatic carbocycles. The summed E-state index contributed by atoms with van der Waals surface area (Å²) in [7, 11) is 0. The van der Waals surface area contributed by atoms with Gasteiger partial charge in [0.15, 0.2) is 0 Å². The van der Waals surface area contributed by atoms with E-state index in [0.717, 1.165) is 38.5 Å². The van der Waals surface area contributed by atoms with Crippen LogP contribution in [0.2, 0.25) is 10.0 Å². The number of halogens is 2. The summed E-state index contributed by atoms with van der Waals surface area (Å²) in [5.41, 5.74) is 13.6. The molecule has 1 aromatic heterocycles. The molecule has 0 spiro atoms. The summed E-state index contributed by atoms with van der Waals surface area (Å²) in [5, 5.41) is 3.00. The van der Waals surface area contributed by atoms with Gasteiger partial charge in [-0.25, -0.2) is 0 Å². The molecule has 0 aliphatic heterocycles. The third-order valence-corrected chi connectivity index (χ3v) is 7.38. The molecule has 6 aromatic rings. The number of fused-ring (bicyclic) bond motifs is 3. The van der Waals surface area contributed by atoms with Crippen LogP contribution in [0.4, 0.5) is 0 Å². The van der Waals surface area contributed by atoms with Gasteiger partial charge in [-0.1, -0.05) is 102 Å². The van der Waals surface area contributed by atoms with Crippen molar-refractivity contribution in [3.8, 4) is 22.3 Å². The first-order valence-electron chi connectivity index (χ1n) is 11.9. The van der Waals surface area contributed by atoms with Crippen LogP contribution in [-0.4, -0.2) is 10.5 Å². The van der Waals surface area contributed by atoms with Crippen LogP contribution < -0.4 is 5.73 Å². The Balaban J connectivity index is 1.62. The largest absolute Gasteiger partial charge is 0.366 e. The Morgan fingerprint density at radius 3 is 2.27 bits per heavy atom. The molecule has 6 rings (SSSR count). The van der Waals surface area contributed by atoms with Gasteiger partial charge in [0.2, 0.25) is 5.91 Å². The fourth-order valence-electron chi connectivity index (χ4n) is 5.14. The van der Waals surface area contributed by atoms with E-state index in [1.165, 1.54) is 11.1 Å². The average molecular weight is 521 g/mol. The van der Waals surface area contributed by atoms with E-state index in [-0.39, 0.29) is 0 Å². The number of carbonyl (C=O) groups is 1. The van der Waals surface area contributed by atoms with Gasteiger partial charge >= 0.3 is 0 Å². The lowest BCUT2D eigenvalue weighted by molar-refractivity contribution is 0.100. The van der Waals surface area contributed by atoms with Crippen LogP contribution >= 0.6 is 23.2 Å². The maximum absolute atomic E-state index is 12.4. The number of nitrogens with zero attached hydrogens (tertiary/aromatic N) is 1. The number of benzene rings is 5. The molecule has 0 saturated carbocycles. The van der Waals surface area contributed by atoms with E-state index in [2.05, 4.69) is 47.0 Å². The second kappa shape index (κ2) is 9.44. The number of carbonyl (C=O) groups excluding carboxylic acids is 1. The quantitative estimate of drug-likeness (QED) is 0.243. The number of amides is 1. The van der Waals surface area contributed by atoms with Gasteiger partial charge in [0.1, 0.15) is 0 Å². The molecule has 0 fully saturated rings. The SMILES string of the molecule is NC(=O)c1cccc2c1c1ccc(-c3ccc(Cl)cc3Cl)cc1n2Cc1ccccc1-c1ccccc1. The van der Waals surface area contributed by atoms with Crippen molar-refractivity contribution in [2.24, 2.45) is 5.73 Å². The van der Waals surface area contributed by atoms with E-state index in [1.807, 2.05) is 54.6 Å². The van der Waals surface area contributed by atoms with Crippen molar-refractivity contribution in [1.82, 2.24) is 4.57 Å². The molecule has 0 unspecified atom stereocenters.